The molecule has 0 saturated heterocycles. The Labute approximate surface area is 179 Å². The van der Waals surface area contributed by atoms with Crippen LogP contribution in [0, 0.1) is 0 Å². The first kappa shape index (κ1) is 23.1. The average Bonchev–Trinajstić information content (AvgIpc) is 2.73. The van der Waals surface area contributed by atoms with Crippen molar-refractivity contribution in [2.75, 3.05) is 5.32 Å². The Morgan fingerprint density at radius 2 is 1.47 bits per heavy atom. The molecule has 0 saturated carbocycles. The second kappa shape index (κ2) is 8.52. The molecule has 0 aliphatic rings. The lowest BCUT2D eigenvalue weighted by Gasteiger charge is -2.16. The van der Waals surface area contributed by atoms with Crippen molar-refractivity contribution >= 4 is 11.6 Å². The first-order valence-corrected chi connectivity index (χ1v) is 9.43. The van der Waals surface area contributed by atoms with Gasteiger partial charge in [-0.25, -0.2) is 13.5 Å². The Hall–Kier alpha value is -3.56. The Balaban J connectivity index is 1.81. The van der Waals surface area contributed by atoms with Gasteiger partial charge in [-0.15, -0.1) is 0 Å². The minimum atomic E-state index is -4.48. The van der Waals surface area contributed by atoms with Crippen LogP contribution in [0.3, 0.4) is 0 Å². The van der Waals surface area contributed by atoms with E-state index in [-0.39, 0.29) is 16.9 Å². The van der Waals surface area contributed by atoms with Crippen LogP contribution >= 0.6 is 0 Å². The number of amides is 1. The van der Waals surface area contributed by atoms with Crippen molar-refractivity contribution in [2.24, 2.45) is 0 Å². The van der Waals surface area contributed by atoms with Gasteiger partial charge in [0.15, 0.2) is 0 Å². The molecule has 1 amide bonds. The van der Waals surface area contributed by atoms with Crippen LogP contribution in [0.25, 0.3) is 11.3 Å². The van der Waals surface area contributed by atoms with E-state index in [4.69, 9.17) is 0 Å². The normalized spacial score (nSPS) is 13.0. The average molecular weight is 451 g/mol. The molecule has 1 atom stereocenters. The number of carbonyl (C=O) groups excluding carboxylic acids is 1. The minimum Gasteiger partial charge on any atom is -0.324 e. The van der Waals surface area contributed by atoms with Crippen LogP contribution in [0.4, 0.5) is 27.6 Å². The van der Waals surface area contributed by atoms with Gasteiger partial charge in [-0.05, 0) is 37.3 Å². The number of halogens is 5. The van der Waals surface area contributed by atoms with E-state index in [1.165, 1.54) is 49.4 Å². The smallest absolute Gasteiger partial charge is 0.324 e. The second-order valence-corrected chi connectivity index (χ2v) is 7.21. The maximum absolute atomic E-state index is 13.3. The summed E-state index contributed by atoms with van der Waals surface area (Å²) in [4.78, 5) is 24.8. The number of nitrogens with one attached hydrogen (secondary N) is 1. The zero-order valence-corrected chi connectivity index (χ0v) is 17.0. The summed E-state index contributed by atoms with van der Waals surface area (Å²) in [5, 5.41) is 6.63. The van der Waals surface area contributed by atoms with Crippen LogP contribution in [0.2, 0.25) is 0 Å². The highest BCUT2D eigenvalue weighted by Crippen LogP contribution is 2.30. The number of alkyl halides is 5. The summed E-state index contributed by atoms with van der Waals surface area (Å²) in [6, 6.07) is 10.6. The lowest BCUT2D eigenvalue weighted by molar-refractivity contribution is -0.137. The summed E-state index contributed by atoms with van der Waals surface area (Å²) in [6.45, 7) is 2.17. The number of rotatable bonds is 5. The highest BCUT2D eigenvalue weighted by atomic mass is 19.4. The highest BCUT2D eigenvalue weighted by molar-refractivity contribution is 5.93. The van der Waals surface area contributed by atoms with Crippen molar-refractivity contribution in [1.82, 2.24) is 9.78 Å². The minimum absolute atomic E-state index is 0.201. The van der Waals surface area contributed by atoms with Gasteiger partial charge >= 0.3 is 6.18 Å². The van der Waals surface area contributed by atoms with Crippen molar-refractivity contribution in [3.8, 4) is 11.3 Å². The Morgan fingerprint density at radius 3 is 2.00 bits per heavy atom. The number of anilines is 1. The monoisotopic (exact) mass is 451 g/mol. The molecule has 0 radical (unpaired) electrons. The number of benzene rings is 2. The van der Waals surface area contributed by atoms with Crippen molar-refractivity contribution < 1.29 is 26.7 Å². The van der Waals surface area contributed by atoms with Crippen molar-refractivity contribution in [3.63, 3.8) is 0 Å². The van der Waals surface area contributed by atoms with Crippen LogP contribution in [0.1, 0.15) is 31.0 Å². The van der Waals surface area contributed by atoms with Gasteiger partial charge in [-0.3, -0.25) is 9.59 Å². The largest absolute Gasteiger partial charge is 0.416 e. The summed E-state index contributed by atoms with van der Waals surface area (Å²) in [6.07, 6.45) is -4.48. The first-order chi connectivity index (χ1) is 14.9. The van der Waals surface area contributed by atoms with Gasteiger partial charge in [0.2, 0.25) is 5.91 Å². The highest BCUT2D eigenvalue weighted by Gasteiger charge is 2.30. The third-order valence-corrected chi connectivity index (χ3v) is 4.74. The van der Waals surface area contributed by atoms with E-state index in [0.29, 0.717) is 5.56 Å². The molecule has 1 N–H and O–H groups in total. The molecule has 1 heterocycles. The van der Waals surface area contributed by atoms with E-state index in [2.05, 4.69) is 10.4 Å². The van der Waals surface area contributed by atoms with Crippen LogP contribution in [-0.4, -0.2) is 15.7 Å². The molecule has 168 valence electrons. The third kappa shape index (κ3) is 5.19. The van der Waals surface area contributed by atoms with Crippen LogP contribution in [0.5, 0.6) is 0 Å². The SMILES string of the molecule is CC(C(=O)Nc1ccc(C(C)(F)F)cc1)n1nc(-c2ccc(C(F)(F)F)cc2)ccc1=O. The molecule has 2 aromatic carbocycles. The number of hydrogen-bond donors (Lipinski definition) is 1. The Bertz CT molecular complexity index is 1160. The van der Waals surface area contributed by atoms with E-state index in [0.717, 1.165) is 29.8 Å². The van der Waals surface area contributed by atoms with Crippen LogP contribution in [-0.2, 0) is 16.9 Å². The Morgan fingerprint density at radius 1 is 0.906 bits per heavy atom. The molecule has 1 unspecified atom stereocenters. The first-order valence-electron chi connectivity index (χ1n) is 9.43. The standard InChI is InChI=1S/C22H18F5N3O2/c1-13(20(32)28-17-9-7-15(8-10-17)21(2,23)24)30-19(31)12-11-18(29-30)14-3-5-16(6-4-14)22(25,26)27/h3-13H,1-2H3,(H,28,32). The lowest BCUT2D eigenvalue weighted by atomic mass is 10.1. The van der Waals surface area contributed by atoms with Gasteiger partial charge in [0.05, 0.1) is 11.3 Å². The fourth-order valence-electron chi connectivity index (χ4n) is 2.89. The van der Waals surface area contributed by atoms with Crippen molar-refractivity contribution in [1.29, 1.82) is 0 Å². The van der Waals surface area contributed by atoms with Crippen LogP contribution < -0.4 is 10.9 Å². The quantitative estimate of drug-likeness (QED) is 0.540. The predicted octanol–water partition coefficient (Wildman–Crippen LogP) is 5.24. The number of hydrogen-bond acceptors (Lipinski definition) is 3. The predicted molar refractivity (Wildman–Crippen MR) is 108 cm³/mol. The van der Waals surface area contributed by atoms with Gasteiger partial charge < -0.3 is 5.32 Å². The van der Waals surface area contributed by atoms with Gasteiger partial charge in [-0.2, -0.15) is 18.3 Å². The lowest BCUT2D eigenvalue weighted by Crippen LogP contribution is -2.33. The number of aromatic nitrogens is 2. The molecule has 3 aromatic rings. The van der Waals surface area contributed by atoms with E-state index >= 15 is 0 Å². The topological polar surface area (TPSA) is 64.0 Å². The summed E-state index contributed by atoms with van der Waals surface area (Å²) in [5.74, 6) is -3.65. The maximum Gasteiger partial charge on any atom is 0.416 e. The molecule has 1 aromatic heterocycles. The molecule has 0 aliphatic carbocycles. The fraction of sp³-hybridized carbons (Fsp3) is 0.227. The van der Waals surface area contributed by atoms with Crippen molar-refractivity contribution in [2.45, 2.75) is 32.0 Å². The molecule has 5 nitrogen and oxygen atoms in total. The zero-order chi connectivity index (χ0) is 23.7. The summed E-state index contributed by atoms with van der Waals surface area (Å²) in [7, 11) is 0. The molecule has 10 heteroatoms. The van der Waals surface area contributed by atoms with Gasteiger partial charge in [0.25, 0.3) is 11.5 Å². The molecule has 0 bridgehead atoms. The summed E-state index contributed by atoms with van der Waals surface area (Å²) >= 11 is 0. The van der Waals surface area contributed by atoms with Gasteiger partial charge in [0, 0.05) is 29.8 Å². The van der Waals surface area contributed by atoms with E-state index in [1.54, 1.807) is 0 Å². The molecular weight excluding hydrogens is 433 g/mol. The summed E-state index contributed by atoms with van der Waals surface area (Å²) in [5.41, 5.74) is -0.853. The molecule has 0 fully saturated rings. The molecule has 0 spiro atoms. The summed E-state index contributed by atoms with van der Waals surface area (Å²) < 4.78 is 65.8. The Kier molecular flexibility index (Phi) is 6.16. The third-order valence-electron chi connectivity index (χ3n) is 4.74. The number of nitrogens with zero attached hydrogens (tertiary/aromatic N) is 2. The number of carbonyl (C=O) groups is 1. The molecular formula is C22H18F5N3O2. The van der Waals surface area contributed by atoms with E-state index < -0.39 is 35.2 Å². The molecule has 0 aliphatic heterocycles. The van der Waals surface area contributed by atoms with Gasteiger partial charge in [-0.1, -0.05) is 24.3 Å². The van der Waals surface area contributed by atoms with Crippen LogP contribution in [0.15, 0.2) is 65.5 Å². The zero-order valence-electron chi connectivity index (χ0n) is 17.0. The second-order valence-electron chi connectivity index (χ2n) is 7.21. The molecule has 3 rings (SSSR count). The maximum atomic E-state index is 13.3. The fourth-order valence-corrected chi connectivity index (χ4v) is 2.89. The van der Waals surface area contributed by atoms with E-state index in [1.807, 2.05) is 0 Å². The molecule has 32 heavy (non-hydrogen) atoms. The van der Waals surface area contributed by atoms with Crippen molar-refractivity contribution in [3.05, 3.63) is 82.1 Å². The van der Waals surface area contributed by atoms with E-state index in [9.17, 15) is 31.5 Å². The van der Waals surface area contributed by atoms with Gasteiger partial charge in [0.1, 0.15) is 6.04 Å².